The maximum atomic E-state index is 14.1. The molecule has 1 N–H and O–H groups in total. The van der Waals surface area contributed by atoms with Gasteiger partial charge in [-0.3, -0.25) is 13.9 Å². The Balaban J connectivity index is 2.01. The lowest BCUT2D eigenvalue weighted by Gasteiger charge is -2.33. The van der Waals surface area contributed by atoms with Crippen LogP contribution in [-0.4, -0.2) is 50.8 Å². The summed E-state index contributed by atoms with van der Waals surface area (Å²) in [6, 6.07) is 21.9. The molecule has 0 aromatic heterocycles. The standard InChI is InChI=1S/C31H38ClN3O4S/c1-4-6-21-33-31(37)28(5-2)34(22-20-25-14-9-7-10-15-25)30(36)23-35(29-19-13-18-27(32)24(29)3)40(38,39)26-16-11-8-12-17-26/h7-19,28H,4-6,20-23H2,1-3H3,(H,33,37)/t28-/m1/s1. The number of benzene rings is 3. The Kier molecular flexibility index (Phi) is 11.6. The molecule has 7 nitrogen and oxygen atoms in total. The highest BCUT2D eigenvalue weighted by Crippen LogP contribution is 2.31. The summed E-state index contributed by atoms with van der Waals surface area (Å²) < 4.78 is 28.9. The van der Waals surface area contributed by atoms with Gasteiger partial charge < -0.3 is 10.2 Å². The van der Waals surface area contributed by atoms with E-state index in [9.17, 15) is 18.0 Å². The highest BCUT2D eigenvalue weighted by atomic mass is 35.5. The lowest BCUT2D eigenvalue weighted by Crippen LogP contribution is -2.53. The van der Waals surface area contributed by atoms with Crippen LogP contribution >= 0.6 is 11.6 Å². The molecule has 3 rings (SSSR count). The minimum Gasteiger partial charge on any atom is -0.354 e. The third-order valence-corrected chi connectivity index (χ3v) is 9.00. The van der Waals surface area contributed by atoms with Crippen LogP contribution in [0.5, 0.6) is 0 Å². The van der Waals surface area contributed by atoms with Crippen molar-refractivity contribution in [3.8, 4) is 0 Å². The van der Waals surface area contributed by atoms with Gasteiger partial charge >= 0.3 is 0 Å². The zero-order chi connectivity index (χ0) is 29.1. The van der Waals surface area contributed by atoms with Crippen LogP contribution in [0.25, 0.3) is 0 Å². The number of carbonyl (C=O) groups excluding carboxylic acids is 2. The second-order valence-corrected chi connectivity index (χ2v) is 11.9. The molecule has 3 aromatic rings. The number of rotatable bonds is 14. The predicted octanol–water partition coefficient (Wildman–Crippen LogP) is 5.61. The predicted molar refractivity (Wildman–Crippen MR) is 161 cm³/mol. The molecule has 0 aliphatic rings. The summed E-state index contributed by atoms with van der Waals surface area (Å²) in [6.45, 7) is 5.91. The lowest BCUT2D eigenvalue weighted by molar-refractivity contribution is -0.139. The Bertz CT molecular complexity index is 1370. The van der Waals surface area contributed by atoms with Gasteiger partial charge in [0.05, 0.1) is 10.6 Å². The molecule has 0 heterocycles. The molecule has 0 aliphatic carbocycles. The number of nitrogens with one attached hydrogen (secondary N) is 1. The van der Waals surface area contributed by atoms with Crippen molar-refractivity contribution in [2.24, 2.45) is 0 Å². The fraction of sp³-hybridized carbons (Fsp3) is 0.355. The van der Waals surface area contributed by atoms with Crippen molar-refractivity contribution in [2.45, 2.75) is 57.4 Å². The number of halogens is 1. The van der Waals surface area contributed by atoms with Crippen molar-refractivity contribution in [2.75, 3.05) is 23.9 Å². The minimum atomic E-state index is -4.13. The molecule has 0 unspecified atom stereocenters. The van der Waals surface area contributed by atoms with Gasteiger partial charge in [0, 0.05) is 18.1 Å². The largest absolute Gasteiger partial charge is 0.354 e. The van der Waals surface area contributed by atoms with E-state index in [1.165, 1.54) is 17.0 Å². The maximum Gasteiger partial charge on any atom is 0.264 e. The van der Waals surface area contributed by atoms with E-state index in [1.54, 1.807) is 43.3 Å². The smallest absolute Gasteiger partial charge is 0.264 e. The van der Waals surface area contributed by atoms with Gasteiger partial charge in [0.25, 0.3) is 10.0 Å². The van der Waals surface area contributed by atoms with Crippen LogP contribution in [0.15, 0.2) is 83.8 Å². The van der Waals surface area contributed by atoms with E-state index in [1.807, 2.05) is 44.2 Å². The zero-order valence-corrected chi connectivity index (χ0v) is 24.9. The molecule has 0 radical (unpaired) electrons. The van der Waals surface area contributed by atoms with Crippen molar-refractivity contribution in [1.82, 2.24) is 10.2 Å². The van der Waals surface area contributed by atoms with E-state index < -0.39 is 28.5 Å². The van der Waals surface area contributed by atoms with Crippen LogP contribution in [0.1, 0.15) is 44.2 Å². The fourth-order valence-corrected chi connectivity index (χ4v) is 6.16. The third kappa shape index (κ3) is 7.86. The van der Waals surface area contributed by atoms with Gasteiger partial charge in [-0.2, -0.15) is 0 Å². The molecule has 1 atom stereocenters. The second-order valence-electron chi connectivity index (χ2n) is 9.60. The molecule has 0 saturated heterocycles. The Morgan fingerprint density at radius 2 is 1.57 bits per heavy atom. The van der Waals surface area contributed by atoms with Gasteiger partial charge in [0.15, 0.2) is 0 Å². The van der Waals surface area contributed by atoms with Crippen molar-refractivity contribution in [3.05, 3.63) is 95.0 Å². The van der Waals surface area contributed by atoms with Crippen LogP contribution in [0.3, 0.4) is 0 Å². The molecule has 9 heteroatoms. The summed E-state index contributed by atoms with van der Waals surface area (Å²) in [4.78, 5) is 28.9. The molecule has 0 aliphatic heterocycles. The Hall–Kier alpha value is -3.36. The topological polar surface area (TPSA) is 86.8 Å². The third-order valence-electron chi connectivity index (χ3n) is 6.82. The summed E-state index contributed by atoms with van der Waals surface area (Å²) in [5.74, 6) is -0.707. The molecule has 0 fully saturated rings. The average molecular weight is 584 g/mol. The normalized spacial score (nSPS) is 12.0. The SMILES string of the molecule is CCCCNC(=O)[C@@H](CC)N(CCc1ccccc1)C(=O)CN(c1cccc(Cl)c1C)S(=O)(=O)c1ccccc1. The summed E-state index contributed by atoms with van der Waals surface area (Å²) in [6.07, 6.45) is 2.67. The van der Waals surface area contributed by atoms with E-state index >= 15 is 0 Å². The molecule has 214 valence electrons. The first kappa shape index (κ1) is 31.2. The van der Waals surface area contributed by atoms with E-state index in [2.05, 4.69) is 5.32 Å². The molecule has 40 heavy (non-hydrogen) atoms. The highest BCUT2D eigenvalue weighted by molar-refractivity contribution is 7.92. The molecule has 0 bridgehead atoms. The van der Waals surface area contributed by atoms with Crippen molar-refractivity contribution in [1.29, 1.82) is 0 Å². The summed E-state index contributed by atoms with van der Waals surface area (Å²) >= 11 is 6.38. The summed E-state index contributed by atoms with van der Waals surface area (Å²) in [5.41, 5.74) is 1.87. The lowest BCUT2D eigenvalue weighted by atomic mass is 10.1. The number of anilines is 1. The first-order valence-corrected chi connectivity index (χ1v) is 15.5. The summed E-state index contributed by atoms with van der Waals surface area (Å²) in [5, 5.41) is 3.33. The first-order valence-electron chi connectivity index (χ1n) is 13.6. The van der Waals surface area contributed by atoms with E-state index in [0.29, 0.717) is 35.7 Å². The molecule has 3 aromatic carbocycles. The van der Waals surface area contributed by atoms with Crippen LogP contribution in [-0.2, 0) is 26.0 Å². The quantitative estimate of drug-likeness (QED) is 0.250. The van der Waals surface area contributed by atoms with Gasteiger partial charge in [0.1, 0.15) is 12.6 Å². The fourth-order valence-electron chi connectivity index (χ4n) is 4.50. The number of unbranched alkanes of at least 4 members (excludes halogenated alkanes) is 1. The van der Waals surface area contributed by atoms with Gasteiger partial charge in [-0.15, -0.1) is 0 Å². The van der Waals surface area contributed by atoms with Crippen molar-refractivity contribution in [3.63, 3.8) is 0 Å². The first-order chi connectivity index (χ1) is 19.2. The van der Waals surface area contributed by atoms with Crippen LogP contribution < -0.4 is 9.62 Å². The highest BCUT2D eigenvalue weighted by Gasteiger charge is 2.34. The molecule has 0 spiro atoms. The van der Waals surface area contributed by atoms with E-state index in [-0.39, 0.29) is 17.3 Å². The van der Waals surface area contributed by atoms with Crippen molar-refractivity contribution >= 4 is 39.1 Å². The average Bonchev–Trinajstić information content (AvgIpc) is 2.96. The number of nitrogens with zero attached hydrogens (tertiary/aromatic N) is 2. The number of carbonyl (C=O) groups is 2. The van der Waals surface area contributed by atoms with Crippen LogP contribution in [0, 0.1) is 6.92 Å². The molecule has 0 saturated carbocycles. The number of sulfonamides is 1. The number of hydrogen-bond donors (Lipinski definition) is 1. The number of amides is 2. The maximum absolute atomic E-state index is 14.1. The summed E-state index contributed by atoms with van der Waals surface area (Å²) in [7, 11) is -4.13. The van der Waals surface area contributed by atoms with Gasteiger partial charge in [-0.25, -0.2) is 8.42 Å². The van der Waals surface area contributed by atoms with Crippen LogP contribution in [0.2, 0.25) is 5.02 Å². The van der Waals surface area contributed by atoms with Crippen LogP contribution in [0.4, 0.5) is 5.69 Å². The van der Waals surface area contributed by atoms with E-state index in [4.69, 9.17) is 11.6 Å². The Labute approximate surface area is 243 Å². The second kappa shape index (κ2) is 14.9. The van der Waals surface area contributed by atoms with Gasteiger partial charge in [-0.05, 0) is 61.6 Å². The minimum absolute atomic E-state index is 0.0577. The molecular formula is C31H38ClN3O4S. The Morgan fingerprint density at radius 3 is 2.20 bits per heavy atom. The monoisotopic (exact) mass is 583 g/mol. The van der Waals surface area contributed by atoms with Gasteiger partial charge in [0.2, 0.25) is 11.8 Å². The Morgan fingerprint density at radius 1 is 0.925 bits per heavy atom. The van der Waals surface area contributed by atoms with Gasteiger partial charge in [-0.1, -0.05) is 86.5 Å². The van der Waals surface area contributed by atoms with E-state index in [0.717, 1.165) is 22.7 Å². The molecular weight excluding hydrogens is 546 g/mol. The number of hydrogen-bond acceptors (Lipinski definition) is 4. The van der Waals surface area contributed by atoms with Crippen molar-refractivity contribution < 1.29 is 18.0 Å². The molecule has 2 amide bonds. The zero-order valence-electron chi connectivity index (χ0n) is 23.3.